The first-order valence-electron chi connectivity index (χ1n) is 2.80. The van der Waals surface area contributed by atoms with Gasteiger partial charge < -0.3 is 0 Å². The monoisotopic (exact) mass is 174 g/mol. The quantitative estimate of drug-likeness (QED) is 0.506. The first-order chi connectivity index (χ1) is 4.72. The fourth-order valence-electron chi connectivity index (χ4n) is 0.412. The molecule has 10 heavy (non-hydrogen) atoms. The van der Waals surface area contributed by atoms with Gasteiger partial charge in [0.05, 0.1) is 5.25 Å². The molecule has 1 nitrogen and oxygen atoms in total. The Kier molecular flexibility index (Phi) is 5.54. The molecule has 1 atom stereocenters. The molecule has 0 aromatic carbocycles. The molecular weight excluding hydrogens is 164 g/mol. The zero-order valence-electron chi connectivity index (χ0n) is 5.62. The Morgan fingerprint density at radius 3 is 2.60 bits per heavy atom. The van der Waals surface area contributed by atoms with E-state index >= 15 is 0 Å². The zero-order chi connectivity index (χ0) is 7.98. The van der Waals surface area contributed by atoms with E-state index in [1.54, 1.807) is 12.2 Å². The average Bonchev–Trinajstić information content (AvgIpc) is 1.89. The number of rotatable bonds is 5. The molecule has 0 aliphatic heterocycles. The van der Waals surface area contributed by atoms with E-state index < -0.39 is 0 Å². The molecule has 0 heterocycles. The van der Waals surface area contributed by atoms with Crippen LogP contribution in [0.1, 0.15) is 0 Å². The molecule has 0 bridgehead atoms. The Morgan fingerprint density at radius 1 is 1.70 bits per heavy atom. The van der Waals surface area contributed by atoms with Crippen molar-refractivity contribution in [2.75, 3.05) is 5.75 Å². The van der Waals surface area contributed by atoms with Gasteiger partial charge in [-0.2, -0.15) is 0 Å². The van der Waals surface area contributed by atoms with Gasteiger partial charge in [-0.3, -0.25) is 4.79 Å². The number of thioether (sulfide) groups is 1. The summed E-state index contributed by atoms with van der Waals surface area (Å²) in [6, 6.07) is 0. The number of thiol groups is 1. The third-order valence-electron chi connectivity index (χ3n) is 0.851. The molecular formula is C7H10OS2. The predicted octanol–water partition coefficient (Wildman–Crippen LogP) is 1.92. The zero-order valence-corrected chi connectivity index (χ0v) is 7.33. The van der Waals surface area contributed by atoms with Crippen LogP contribution in [0.3, 0.4) is 0 Å². The molecule has 0 aromatic heterocycles. The molecule has 0 saturated heterocycles. The summed E-state index contributed by atoms with van der Waals surface area (Å²) in [5.41, 5.74) is 0. The van der Waals surface area contributed by atoms with Crippen molar-refractivity contribution in [1.29, 1.82) is 0 Å². The average molecular weight is 174 g/mol. The van der Waals surface area contributed by atoms with Gasteiger partial charge in [-0.15, -0.1) is 37.5 Å². The lowest BCUT2D eigenvalue weighted by Gasteiger charge is -2.03. The normalized spacial score (nSPS) is 12.1. The highest BCUT2D eigenvalue weighted by atomic mass is 32.2. The highest BCUT2D eigenvalue weighted by Crippen LogP contribution is 2.14. The fraction of sp³-hybridized carbons (Fsp3) is 0.286. The Balaban J connectivity index is 3.71. The smallest absolute Gasteiger partial charge is 0.202 e. The molecule has 0 aromatic rings. The van der Waals surface area contributed by atoms with Gasteiger partial charge in [-0.25, -0.2) is 0 Å². The molecule has 0 saturated carbocycles. The van der Waals surface area contributed by atoms with Crippen LogP contribution in [-0.2, 0) is 4.79 Å². The van der Waals surface area contributed by atoms with Crippen LogP contribution in [0.5, 0.6) is 0 Å². The van der Waals surface area contributed by atoms with Gasteiger partial charge in [0.2, 0.25) is 5.12 Å². The molecule has 0 radical (unpaired) electrons. The van der Waals surface area contributed by atoms with Gasteiger partial charge in [0, 0.05) is 5.75 Å². The Labute approximate surface area is 71.0 Å². The van der Waals surface area contributed by atoms with Crippen LogP contribution in [0.15, 0.2) is 25.3 Å². The van der Waals surface area contributed by atoms with Crippen molar-refractivity contribution in [2.24, 2.45) is 0 Å². The standard InChI is InChI=1S/C7H10OS2/c1-3-5-10-6(4-2)7(8)9/h3-4,6H,1-2,5H2,(H,8,9). The molecule has 0 aliphatic rings. The van der Waals surface area contributed by atoms with Crippen LogP contribution < -0.4 is 0 Å². The summed E-state index contributed by atoms with van der Waals surface area (Å²) >= 11 is 5.15. The van der Waals surface area contributed by atoms with Crippen LogP contribution in [-0.4, -0.2) is 16.1 Å². The van der Waals surface area contributed by atoms with Crippen LogP contribution in [0, 0.1) is 0 Å². The SMILES string of the molecule is C=CCSC(C=C)C(=O)S. The molecule has 0 spiro atoms. The molecule has 0 fully saturated rings. The second kappa shape index (κ2) is 5.62. The summed E-state index contributed by atoms with van der Waals surface area (Å²) in [4.78, 5) is 10.6. The van der Waals surface area contributed by atoms with E-state index in [9.17, 15) is 4.79 Å². The van der Waals surface area contributed by atoms with Crippen LogP contribution in [0.25, 0.3) is 0 Å². The number of hydrogen-bond donors (Lipinski definition) is 1. The Hall–Kier alpha value is -0.150. The first kappa shape index (κ1) is 9.85. The van der Waals surface area contributed by atoms with E-state index in [0.29, 0.717) is 0 Å². The van der Waals surface area contributed by atoms with Gasteiger partial charge in [-0.1, -0.05) is 12.2 Å². The maximum absolute atomic E-state index is 10.6. The Bertz CT molecular complexity index is 143. The van der Waals surface area contributed by atoms with Crippen molar-refractivity contribution in [3.63, 3.8) is 0 Å². The Morgan fingerprint density at radius 2 is 2.30 bits per heavy atom. The number of carbonyl (C=O) groups is 1. The van der Waals surface area contributed by atoms with Crippen molar-refractivity contribution in [1.82, 2.24) is 0 Å². The lowest BCUT2D eigenvalue weighted by atomic mass is 10.5. The third kappa shape index (κ3) is 3.80. The van der Waals surface area contributed by atoms with Crippen molar-refractivity contribution in [3.8, 4) is 0 Å². The second-order valence-electron chi connectivity index (χ2n) is 1.62. The lowest BCUT2D eigenvalue weighted by Crippen LogP contribution is -2.07. The van der Waals surface area contributed by atoms with Crippen molar-refractivity contribution >= 4 is 29.5 Å². The molecule has 0 amide bonds. The van der Waals surface area contributed by atoms with Crippen LogP contribution >= 0.6 is 24.4 Å². The largest absolute Gasteiger partial charge is 0.286 e. The molecule has 0 aliphatic carbocycles. The maximum Gasteiger partial charge on any atom is 0.202 e. The van der Waals surface area contributed by atoms with Crippen molar-refractivity contribution in [2.45, 2.75) is 5.25 Å². The predicted molar refractivity (Wildman–Crippen MR) is 50.6 cm³/mol. The summed E-state index contributed by atoms with van der Waals surface area (Å²) in [7, 11) is 0. The van der Waals surface area contributed by atoms with E-state index in [2.05, 4.69) is 25.8 Å². The van der Waals surface area contributed by atoms with Crippen molar-refractivity contribution < 1.29 is 4.79 Å². The van der Waals surface area contributed by atoms with Crippen LogP contribution in [0.4, 0.5) is 0 Å². The van der Waals surface area contributed by atoms with Gasteiger partial charge in [-0.05, 0) is 0 Å². The van der Waals surface area contributed by atoms with Gasteiger partial charge in [0.1, 0.15) is 0 Å². The molecule has 1 unspecified atom stereocenters. The van der Waals surface area contributed by atoms with Gasteiger partial charge in [0.25, 0.3) is 0 Å². The van der Waals surface area contributed by atoms with Crippen molar-refractivity contribution in [3.05, 3.63) is 25.3 Å². The summed E-state index contributed by atoms with van der Waals surface area (Å²) in [6.45, 7) is 7.05. The third-order valence-corrected chi connectivity index (χ3v) is 2.50. The maximum atomic E-state index is 10.6. The minimum absolute atomic E-state index is 0.151. The fourth-order valence-corrected chi connectivity index (χ4v) is 1.36. The second-order valence-corrected chi connectivity index (χ2v) is 3.23. The van der Waals surface area contributed by atoms with Crippen LogP contribution in [0.2, 0.25) is 0 Å². The minimum atomic E-state index is -0.193. The summed E-state index contributed by atoms with van der Waals surface area (Å²) < 4.78 is 0. The minimum Gasteiger partial charge on any atom is -0.286 e. The molecule has 56 valence electrons. The molecule has 3 heteroatoms. The number of hydrogen-bond acceptors (Lipinski definition) is 2. The van der Waals surface area contributed by atoms with E-state index in [0.717, 1.165) is 5.75 Å². The summed E-state index contributed by atoms with van der Waals surface area (Å²) in [5.74, 6) is 0.753. The first-order valence-corrected chi connectivity index (χ1v) is 4.29. The van der Waals surface area contributed by atoms with E-state index in [1.807, 2.05) is 0 Å². The van der Waals surface area contributed by atoms with E-state index in [-0.39, 0.29) is 10.4 Å². The van der Waals surface area contributed by atoms with E-state index in [1.165, 1.54) is 11.8 Å². The summed E-state index contributed by atoms with van der Waals surface area (Å²) in [6.07, 6.45) is 3.33. The topological polar surface area (TPSA) is 17.1 Å². The molecule has 0 N–H and O–H groups in total. The number of carbonyl (C=O) groups excluding carboxylic acids is 1. The summed E-state index contributed by atoms with van der Waals surface area (Å²) in [5, 5.41) is -0.344. The molecule has 0 rings (SSSR count). The van der Waals surface area contributed by atoms with E-state index in [4.69, 9.17) is 0 Å². The highest BCUT2D eigenvalue weighted by Gasteiger charge is 2.08. The highest BCUT2D eigenvalue weighted by molar-refractivity contribution is 8.05. The van der Waals surface area contributed by atoms with Gasteiger partial charge >= 0.3 is 0 Å². The lowest BCUT2D eigenvalue weighted by molar-refractivity contribution is -0.109. The van der Waals surface area contributed by atoms with Gasteiger partial charge in [0.15, 0.2) is 0 Å².